The lowest BCUT2D eigenvalue weighted by molar-refractivity contribution is -0.118. The Bertz CT molecular complexity index is 773. The highest BCUT2D eigenvalue weighted by atomic mass is 32.2. The zero-order valence-electron chi connectivity index (χ0n) is 16.4. The summed E-state index contributed by atoms with van der Waals surface area (Å²) in [6.07, 6.45) is 1.84. The van der Waals surface area contributed by atoms with Gasteiger partial charge in [-0.25, -0.2) is 4.39 Å². The number of nitrogens with one attached hydrogen (secondary N) is 2. The number of hydrogen-bond acceptors (Lipinski definition) is 3. The van der Waals surface area contributed by atoms with Crippen LogP contribution >= 0.6 is 11.8 Å². The molecule has 0 saturated carbocycles. The zero-order valence-corrected chi connectivity index (χ0v) is 17.2. The van der Waals surface area contributed by atoms with Crippen molar-refractivity contribution in [1.29, 1.82) is 0 Å². The Morgan fingerprint density at radius 2 is 1.68 bits per heavy atom. The smallest absolute Gasteiger partial charge is 0.230 e. The molecule has 6 heteroatoms. The number of hydrogen-bond donors (Lipinski definition) is 2. The van der Waals surface area contributed by atoms with Gasteiger partial charge in [-0.15, -0.1) is 0 Å². The number of carbonyl (C=O) groups excluding carboxylic acids is 2. The molecule has 4 nitrogen and oxygen atoms in total. The number of para-hydroxylation sites is 1. The van der Waals surface area contributed by atoms with Crippen molar-refractivity contribution < 1.29 is 14.0 Å². The second-order valence-electron chi connectivity index (χ2n) is 6.70. The number of aryl methyl sites for hydroxylation is 2. The van der Waals surface area contributed by atoms with Gasteiger partial charge in [0.05, 0.1) is 5.75 Å². The second-order valence-corrected chi connectivity index (χ2v) is 7.80. The van der Waals surface area contributed by atoms with E-state index in [1.165, 1.54) is 23.9 Å². The van der Waals surface area contributed by atoms with Crippen molar-refractivity contribution in [2.24, 2.45) is 0 Å². The van der Waals surface area contributed by atoms with Crippen molar-refractivity contribution in [3.8, 4) is 0 Å². The summed E-state index contributed by atoms with van der Waals surface area (Å²) in [5.74, 6) is 0.855. The lowest BCUT2D eigenvalue weighted by atomic mass is 10.1. The van der Waals surface area contributed by atoms with Crippen LogP contribution < -0.4 is 10.6 Å². The normalized spacial score (nSPS) is 10.5. The van der Waals surface area contributed by atoms with E-state index >= 15 is 0 Å². The van der Waals surface area contributed by atoms with Gasteiger partial charge in [-0.1, -0.05) is 30.3 Å². The van der Waals surface area contributed by atoms with Crippen molar-refractivity contribution in [2.45, 2.75) is 33.1 Å². The largest absolute Gasteiger partial charge is 0.355 e. The first kappa shape index (κ1) is 22.0. The summed E-state index contributed by atoms with van der Waals surface area (Å²) in [4.78, 5) is 23.9. The van der Waals surface area contributed by atoms with Crippen molar-refractivity contribution in [3.63, 3.8) is 0 Å². The molecule has 0 fully saturated rings. The summed E-state index contributed by atoms with van der Waals surface area (Å²) >= 11 is 1.52. The van der Waals surface area contributed by atoms with E-state index in [-0.39, 0.29) is 17.6 Å². The van der Waals surface area contributed by atoms with Crippen LogP contribution in [0.1, 0.15) is 29.5 Å². The van der Waals surface area contributed by atoms with Gasteiger partial charge in [0.1, 0.15) is 5.82 Å². The van der Waals surface area contributed by atoms with E-state index in [9.17, 15) is 14.0 Å². The van der Waals surface area contributed by atoms with Gasteiger partial charge in [0.25, 0.3) is 0 Å². The number of halogens is 1. The number of carbonyl (C=O) groups is 2. The monoisotopic (exact) mass is 402 g/mol. The van der Waals surface area contributed by atoms with Crippen LogP contribution in [0.15, 0.2) is 42.5 Å². The van der Waals surface area contributed by atoms with Crippen LogP contribution in [-0.4, -0.2) is 29.9 Å². The first-order valence-corrected chi connectivity index (χ1v) is 10.6. The Labute approximate surface area is 170 Å². The Morgan fingerprint density at radius 1 is 1.00 bits per heavy atom. The van der Waals surface area contributed by atoms with E-state index in [4.69, 9.17) is 0 Å². The van der Waals surface area contributed by atoms with Crippen LogP contribution in [0.4, 0.5) is 10.1 Å². The third-order valence-corrected chi connectivity index (χ3v) is 5.36. The van der Waals surface area contributed by atoms with Gasteiger partial charge in [-0.3, -0.25) is 9.59 Å². The van der Waals surface area contributed by atoms with Crippen molar-refractivity contribution in [1.82, 2.24) is 5.32 Å². The maximum Gasteiger partial charge on any atom is 0.230 e. The molecule has 0 aliphatic heterocycles. The molecular weight excluding hydrogens is 375 g/mol. The van der Waals surface area contributed by atoms with Crippen LogP contribution in [0.2, 0.25) is 0 Å². The fraction of sp³-hybridized carbons (Fsp3) is 0.364. The standard InChI is InChI=1S/C22H27FN2O2S/c1-16-5-3-6-17(2)22(16)25-20(26)7-4-14-28-15-21(27)24-13-12-18-8-10-19(23)11-9-18/h3,5-6,8-11H,4,7,12-15H2,1-2H3,(H,24,27)(H,25,26). The molecule has 150 valence electrons. The van der Waals surface area contributed by atoms with E-state index in [2.05, 4.69) is 10.6 Å². The van der Waals surface area contributed by atoms with Crippen LogP contribution in [0.25, 0.3) is 0 Å². The van der Waals surface area contributed by atoms with Crippen molar-refractivity contribution >= 4 is 29.3 Å². The van der Waals surface area contributed by atoms with Gasteiger partial charge in [-0.2, -0.15) is 11.8 Å². The summed E-state index contributed by atoms with van der Waals surface area (Å²) in [5, 5.41) is 5.83. The van der Waals surface area contributed by atoms with E-state index in [1.807, 2.05) is 32.0 Å². The molecule has 0 aromatic heterocycles. The molecule has 2 rings (SSSR count). The highest BCUT2D eigenvalue weighted by Crippen LogP contribution is 2.19. The minimum absolute atomic E-state index is 0.00162. The molecule has 0 saturated heterocycles. The van der Waals surface area contributed by atoms with Crippen LogP contribution in [-0.2, 0) is 16.0 Å². The average Bonchev–Trinajstić information content (AvgIpc) is 2.66. The average molecular weight is 403 g/mol. The first-order chi connectivity index (χ1) is 13.5. The fourth-order valence-corrected chi connectivity index (χ4v) is 3.54. The van der Waals surface area contributed by atoms with Crippen LogP contribution in [0.5, 0.6) is 0 Å². The van der Waals surface area contributed by atoms with E-state index in [0.29, 0.717) is 25.1 Å². The lowest BCUT2D eigenvalue weighted by Crippen LogP contribution is -2.27. The zero-order chi connectivity index (χ0) is 20.4. The summed E-state index contributed by atoms with van der Waals surface area (Å²) in [7, 11) is 0. The molecular formula is C22H27FN2O2S. The number of anilines is 1. The van der Waals surface area contributed by atoms with Gasteiger partial charge >= 0.3 is 0 Å². The third kappa shape index (κ3) is 7.72. The number of benzene rings is 2. The fourth-order valence-electron chi connectivity index (χ4n) is 2.76. The van der Waals surface area contributed by atoms with Gasteiger partial charge in [-0.05, 0) is 61.3 Å². The Hall–Kier alpha value is -2.34. The highest BCUT2D eigenvalue weighted by molar-refractivity contribution is 7.99. The number of thioether (sulfide) groups is 1. The van der Waals surface area contributed by atoms with Crippen molar-refractivity contribution in [2.75, 3.05) is 23.4 Å². The maximum absolute atomic E-state index is 12.8. The summed E-state index contributed by atoms with van der Waals surface area (Å²) in [6, 6.07) is 12.2. The van der Waals surface area contributed by atoms with Crippen LogP contribution in [0.3, 0.4) is 0 Å². The van der Waals surface area contributed by atoms with Crippen LogP contribution in [0, 0.1) is 19.7 Å². The summed E-state index contributed by atoms with van der Waals surface area (Å²) < 4.78 is 12.8. The predicted octanol–water partition coefficient (Wildman–Crippen LogP) is 4.25. The molecule has 2 N–H and O–H groups in total. The lowest BCUT2D eigenvalue weighted by Gasteiger charge is -2.11. The molecule has 0 radical (unpaired) electrons. The Morgan fingerprint density at radius 3 is 2.36 bits per heavy atom. The third-order valence-electron chi connectivity index (χ3n) is 4.32. The van der Waals surface area contributed by atoms with Gasteiger partial charge in [0.15, 0.2) is 0 Å². The molecule has 0 bridgehead atoms. The minimum Gasteiger partial charge on any atom is -0.355 e. The molecule has 0 aliphatic rings. The molecule has 0 heterocycles. The number of rotatable bonds is 10. The minimum atomic E-state index is -0.257. The molecule has 2 aromatic rings. The molecule has 0 atom stereocenters. The topological polar surface area (TPSA) is 58.2 Å². The van der Waals surface area contributed by atoms with E-state index < -0.39 is 0 Å². The predicted molar refractivity (Wildman–Crippen MR) is 114 cm³/mol. The number of amides is 2. The summed E-state index contributed by atoms with van der Waals surface area (Å²) in [5.41, 5.74) is 3.99. The Balaban J connectivity index is 1.55. The van der Waals surface area contributed by atoms with Gasteiger partial charge in [0, 0.05) is 18.7 Å². The molecule has 2 amide bonds. The molecule has 0 unspecified atom stereocenters. The SMILES string of the molecule is Cc1cccc(C)c1NC(=O)CCCSCC(=O)NCCc1ccc(F)cc1. The molecule has 0 aliphatic carbocycles. The van der Waals surface area contributed by atoms with Gasteiger partial charge < -0.3 is 10.6 Å². The molecule has 28 heavy (non-hydrogen) atoms. The maximum atomic E-state index is 12.8. The Kier molecular flexibility index (Phi) is 9.01. The quantitative estimate of drug-likeness (QED) is 0.584. The van der Waals surface area contributed by atoms with Crippen molar-refractivity contribution in [3.05, 3.63) is 65.0 Å². The molecule has 2 aromatic carbocycles. The summed E-state index contributed by atoms with van der Waals surface area (Å²) in [6.45, 7) is 4.49. The van der Waals surface area contributed by atoms with E-state index in [0.717, 1.165) is 34.6 Å². The second kappa shape index (κ2) is 11.5. The van der Waals surface area contributed by atoms with E-state index in [1.54, 1.807) is 12.1 Å². The first-order valence-electron chi connectivity index (χ1n) is 9.40. The molecule has 0 spiro atoms. The highest BCUT2D eigenvalue weighted by Gasteiger charge is 2.07. The van der Waals surface area contributed by atoms with Gasteiger partial charge in [0.2, 0.25) is 11.8 Å².